The Morgan fingerprint density at radius 3 is 2.52 bits per heavy atom. The van der Waals surface area contributed by atoms with E-state index in [9.17, 15) is 9.59 Å². The summed E-state index contributed by atoms with van der Waals surface area (Å²) in [4.78, 5) is 25.3. The van der Waals surface area contributed by atoms with E-state index in [-0.39, 0.29) is 17.5 Å². The lowest BCUT2D eigenvalue weighted by Gasteiger charge is -2.56. The minimum absolute atomic E-state index is 0.116. The van der Waals surface area contributed by atoms with Crippen molar-refractivity contribution in [3.8, 4) is 5.75 Å². The number of anilines is 2. The molecule has 176 valence electrons. The minimum Gasteiger partial charge on any atom is -0.497 e. The van der Waals surface area contributed by atoms with Gasteiger partial charge in [-0.1, -0.05) is 29.2 Å². The van der Waals surface area contributed by atoms with Crippen molar-refractivity contribution in [2.45, 2.75) is 60.6 Å². The molecule has 8 nitrogen and oxygen atoms in total. The molecule has 0 radical (unpaired) electrons. The molecule has 1 aromatic carbocycles. The van der Waals surface area contributed by atoms with E-state index in [1.54, 1.807) is 14.0 Å². The van der Waals surface area contributed by atoms with Crippen LogP contribution in [0, 0.1) is 17.8 Å². The van der Waals surface area contributed by atoms with Crippen molar-refractivity contribution in [2.24, 2.45) is 17.8 Å². The second-order valence-corrected chi connectivity index (χ2v) is 12.2. The quantitative estimate of drug-likeness (QED) is 0.492. The Balaban J connectivity index is 1.12. The number of benzene rings is 1. The van der Waals surface area contributed by atoms with Gasteiger partial charge in [-0.05, 0) is 75.3 Å². The molecule has 4 aliphatic rings. The van der Waals surface area contributed by atoms with Gasteiger partial charge in [-0.25, -0.2) is 4.79 Å². The SMILES string of the molecule is COc1cccc(Nc2nnc(SC(C)C(=O)NC(=O)NC34CC5CC(CC(C5)C3)C4)s2)c1. The van der Waals surface area contributed by atoms with Crippen LogP contribution in [0.2, 0.25) is 0 Å². The van der Waals surface area contributed by atoms with Gasteiger partial charge in [0.05, 0.1) is 12.4 Å². The molecule has 4 saturated carbocycles. The number of nitrogens with one attached hydrogen (secondary N) is 3. The number of methoxy groups -OCH3 is 1. The normalized spacial score (nSPS) is 28.2. The molecule has 1 heterocycles. The lowest BCUT2D eigenvalue weighted by molar-refractivity contribution is -0.119. The zero-order chi connectivity index (χ0) is 23.0. The molecule has 4 bridgehead atoms. The molecule has 3 N–H and O–H groups in total. The fraction of sp³-hybridized carbons (Fsp3) is 0.565. The average Bonchev–Trinajstić information content (AvgIpc) is 3.18. The van der Waals surface area contributed by atoms with Gasteiger partial charge in [0.2, 0.25) is 11.0 Å². The predicted molar refractivity (Wildman–Crippen MR) is 129 cm³/mol. The highest BCUT2D eigenvalue weighted by atomic mass is 32.2. The largest absolute Gasteiger partial charge is 0.497 e. The van der Waals surface area contributed by atoms with Gasteiger partial charge in [0.15, 0.2) is 4.34 Å². The number of carbonyl (C=O) groups excluding carboxylic acids is 2. The van der Waals surface area contributed by atoms with Crippen molar-refractivity contribution in [1.29, 1.82) is 0 Å². The van der Waals surface area contributed by atoms with E-state index in [1.165, 1.54) is 42.4 Å². The van der Waals surface area contributed by atoms with Crippen molar-refractivity contribution in [1.82, 2.24) is 20.8 Å². The van der Waals surface area contributed by atoms with Gasteiger partial charge in [-0.3, -0.25) is 10.1 Å². The smallest absolute Gasteiger partial charge is 0.321 e. The number of nitrogens with zero attached hydrogens (tertiary/aromatic N) is 2. The molecule has 1 unspecified atom stereocenters. The van der Waals surface area contributed by atoms with E-state index in [0.717, 1.165) is 48.5 Å². The van der Waals surface area contributed by atoms with Crippen LogP contribution in [0.1, 0.15) is 45.4 Å². The monoisotopic (exact) mass is 487 g/mol. The Morgan fingerprint density at radius 1 is 1.15 bits per heavy atom. The second kappa shape index (κ2) is 9.13. The molecule has 1 aromatic heterocycles. The highest BCUT2D eigenvalue weighted by Gasteiger charge is 2.51. The topological polar surface area (TPSA) is 105 Å². The zero-order valence-corrected chi connectivity index (χ0v) is 20.4. The summed E-state index contributed by atoms with van der Waals surface area (Å²) in [5.74, 6) is 2.63. The lowest BCUT2D eigenvalue weighted by Crippen LogP contribution is -2.62. The molecule has 6 rings (SSSR count). The molecule has 33 heavy (non-hydrogen) atoms. The maximum absolute atomic E-state index is 12.7. The number of imide groups is 1. The fourth-order valence-electron chi connectivity index (χ4n) is 6.09. The van der Waals surface area contributed by atoms with E-state index in [1.807, 2.05) is 24.3 Å². The highest BCUT2D eigenvalue weighted by Crippen LogP contribution is 2.55. The number of carbonyl (C=O) groups is 2. The van der Waals surface area contributed by atoms with Gasteiger partial charge >= 0.3 is 6.03 Å². The Bertz CT molecular complexity index is 1010. The van der Waals surface area contributed by atoms with Gasteiger partial charge in [0.1, 0.15) is 5.75 Å². The molecule has 3 amide bonds. The van der Waals surface area contributed by atoms with E-state index < -0.39 is 5.25 Å². The molecular formula is C23H29N5O3S2. The summed E-state index contributed by atoms with van der Waals surface area (Å²) < 4.78 is 5.89. The molecule has 4 fully saturated rings. The maximum Gasteiger partial charge on any atom is 0.321 e. The van der Waals surface area contributed by atoms with Crippen LogP contribution in [-0.4, -0.2) is 40.0 Å². The van der Waals surface area contributed by atoms with Gasteiger partial charge in [0.25, 0.3) is 0 Å². The first-order valence-electron chi connectivity index (χ1n) is 11.4. The predicted octanol–water partition coefficient (Wildman–Crippen LogP) is 4.57. The molecule has 2 aromatic rings. The van der Waals surface area contributed by atoms with Crippen molar-refractivity contribution in [3.63, 3.8) is 0 Å². The van der Waals surface area contributed by atoms with Gasteiger partial charge < -0.3 is 15.4 Å². The number of aromatic nitrogens is 2. The van der Waals surface area contributed by atoms with Crippen LogP contribution in [0.25, 0.3) is 0 Å². The van der Waals surface area contributed by atoms with Gasteiger partial charge in [0, 0.05) is 17.3 Å². The van der Waals surface area contributed by atoms with E-state index in [2.05, 4.69) is 26.1 Å². The van der Waals surface area contributed by atoms with Gasteiger partial charge in [-0.2, -0.15) is 0 Å². The Kier molecular flexibility index (Phi) is 6.22. The lowest BCUT2D eigenvalue weighted by atomic mass is 9.53. The van der Waals surface area contributed by atoms with Gasteiger partial charge in [-0.15, -0.1) is 10.2 Å². The molecule has 10 heteroatoms. The maximum atomic E-state index is 12.7. The van der Waals surface area contributed by atoms with Crippen molar-refractivity contribution < 1.29 is 14.3 Å². The standard InChI is InChI=1S/C23H29N5O3S2/c1-13(32-22-28-27-21(33-22)24-17-4-3-5-18(9-17)31-2)19(29)25-20(30)26-23-10-14-6-15(11-23)8-16(7-14)12-23/h3-5,9,13-16H,6-8,10-12H2,1-2H3,(H,24,27)(H2,25,26,29,30). The summed E-state index contributed by atoms with van der Waals surface area (Å²) in [5, 5.41) is 17.4. The highest BCUT2D eigenvalue weighted by molar-refractivity contribution is 8.02. The molecule has 1 atom stereocenters. The third-order valence-electron chi connectivity index (χ3n) is 7.03. The van der Waals surface area contributed by atoms with Crippen LogP contribution >= 0.6 is 23.1 Å². The number of urea groups is 1. The van der Waals surface area contributed by atoms with E-state index >= 15 is 0 Å². The summed E-state index contributed by atoms with van der Waals surface area (Å²) in [6.45, 7) is 1.77. The zero-order valence-electron chi connectivity index (χ0n) is 18.8. The molecule has 0 saturated heterocycles. The Hall–Kier alpha value is -2.33. The summed E-state index contributed by atoms with van der Waals surface area (Å²) in [7, 11) is 1.62. The molecule has 0 aliphatic heterocycles. The number of hydrogen-bond donors (Lipinski definition) is 3. The number of amides is 3. The van der Waals surface area contributed by atoms with Crippen LogP contribution in [-0.2, 0) is 4.79 Å². The molecule has 0 spiro atoms. The summed E-state index contributed by atoms with van der Waals surface area (Å²) in [6, 6.07) is 7.17. The summed E-state index contributed by atoms with van der Waals surface area (Å²) in [5.41, 5.74) is 0.726. The Labute approximate surface area is 201 Å². The van der Waals surface area contributed by atoms with E-state index in [4.69, 9.17) is 4.74 Å². The third-order valence-corrected chi connectivity index (χ3v) is 9.05. The number of ether oxygens (including phenoxy) is 1. The third kappa shape index (κ3) is 5.11. The van der Waals surface area contributed by atoms with Crippen LogP contribution in [0.5, 0.6) is 5.75 Å². The van der Waals surface area contributed by atoms with Crippen molar-refractivity contribution in [3.05, 3.63) is 24.3 Å². The van der Waals surface area contributed by atoms with Crippen molar-refractivity contribution in [2.75, 3.05) is 12.4 Å². The minimum atomic E-state index is -0.468. The van der Waals surface area contributed by atoms with Crippen molar-refractivity contribution >= 4 is 45.9 Å². The first-order chi connectivity index (χ1) is 15.9. The first-order valence-corrected chi connectivity index (χ1v) is 13.1. The van der Waals surface area contributed by atoms with E-state index in [0.29, 0.717) is 9.47 Å². The number of rotatable bonds is 7. The number of thioether (sulfide) groups is 1. The average molecular weight is 488 g/mol. The van der Waals surface area contributed by atoms with Crippen LogP contribution < -0.4 is 20.7 Å². The fourth-order valence-corrected chi connectivity index (χ4v) is 8.00. The summed E-state index contributed by atoms with van der Waals surface area (Å²) >= 11 is 2.65. The molecular weight excluding hydrogens is 458 g/mol. The Morgan fingerprint density at radius 2 is 1.85 bits per heavy atom. The second-order valence-electron chi connectivity index (χ2n) is 9.63. The van der Waals surface area contributed by atoms with Crippen LogP contribution in [0.3, 0.4) is 0 Å². The first kappa shape index (κ1) is 22.5. The number of hydrogen-bond acceptors (Lipinski definition) is 8. The van der Waals surface area contributed by atoms with Crippen LogP contribution in [0.15, 0.2) is 28.6 Å². The van der Waals surface area contributed by atoms with Crippen LogP contribution in [0.4, 0.5) is 15.6 Å². The molecule has 4 aliphatic carbocycles. The summed E-state index contributed by atoms with van der Waals surface area (Å²) in [6.07, 6.45) is 7.10.